The van der Waals surface area contributed by atoms with Crippen LogP contribution in [0.25, 0.3) is 0 Å². The Kier molecular flexibility index (Phi) is 7.44. The molecule has 0 saturated carbocycles. The lowest BCUT2D eigenvalue weighted by molar-refractivity contribution is -0.129. The zero-order valence-corrected chi connectivity index (χ0v) is 15.1. The molecule has 28 heavy (non-hydrogen) atoms. The second-order valence-corrected chi connectivity index (χ2v) is 5.83. The van der Waals surface area contributed by atoms with Crippen molar-refractivity contribution in [1.82, 2.24) is 16.2 Å². The Labute approximate surface area is 160 Å². The van der Waals surface area contributed by atoms with Crippen molar-refractivity contribution in [2.24, 2.45) is 0 Å². The third-order valence-electron chi connectivity index (χ3n) is 3.51. The Bertz CT molecular complexity index is 874. The lowest BCUT2D eigenvalue weighted by Crippen LogP contribution is -2.44. The summed E-state index contributed by atoms with van der Waals surface area (Å²) >= 11 is 0. The van der Waals surface area contributed by atoms with Gasteiger partial charge in [0, 0.05) is 19.0 Å². The highest BCUT2D eigenvalue weighted by Gasteiger charge is 2.13. The van der Waals surface area contributed by atoms with Crippen LogP contribution in [0.2, 0.25) is 0 Å². The van der Waals surface area contributed by atoms with E-state index in [4.69, 9.17) is 4.74 Å². The summed E-state index contributed by atoms with van der Waals surface area (Å²) in [6.07, 6.45) is -0.159. The molecule has 3 amide bonds. The maximum Gasteiger partial charge on any atom is 0.276 e. The smallest absolute Gasteiger partial charge is 0.276 e. The standard InChI is InChI=1S/C19H19F2N3O4/c1-12-3-2-4-14(9-12)28-11-18(26)24-23-17(25)7-8-22-19(27)15-6-5-13(20)10-16(15)21/h2-6,9-10H,7-8,11H2,1H3,(H,22,27)(H,23,25)(H,24,26). The number of rotatable bonds is 7. The van der Waals surface area contributed by atoms with Gasteiger partial charge in [-0.15, -0.1) is 0 Å². The van der Waals surface area contributed by atoms with E-state index in [-0.39, 0.29) is 25.1 Å². The van der Waals surface area contributed by atoms with Crippen molar-refractivity contribution in [3.63, 3.8) is 0 Å². The summed E-state index contributed by atoms with van der Waals surface area (Å²) < 4.78 is 31.6. The van der Waals surface area contributed by atoms with Gasteiger partial charge in [-0.2, -0.15) is 0 Å². The van der Waals surface area contributed by atoms with Gasteiger partial charge in [-0.1, -0.05) is 12.1 Å². The van der Waals surface area contributed by atoms with E-state index in [2.05, 4.69) is 16.2 Å². The predicted octanol–water partition coefficient (Wildman–Crippen LogP) is 1.62. The fourth-order valence-corrected chi connectivity index (χ4v) is 2.15. The number of ether oxygens (including phenoxy) is 1. The van der Waals surface area contributed by atoms with Crippen molar-refractivity contribution in [1.29, 1.82) is 0 Å². The van der Waals surface area contributed by atoms with E-state index in [9.17, 15) is 23.2 Å². The normalized spacial score (nSPS) is 10.1. The van der Waals surface area contributed by atoms with Crippen LogP contribution in [0.4, 0.5) is 8.78 Å². The van der Waals surface area contributed by atoms with Gasteiger partial charge in [-0.05, 0) is 36.8 Å². The SMILES string of the molecule is Cc1cccc(OCC(=O)NNC(=O)CCNC(=O)c2ccc(F)cc2F)c1. The van der Waals surface area contributed by atoms with Crippen molar-refractivity contribution < 1.29 is 27.9 Å². The highest BCUT2D eigenvalue weighted by molar-refractivity contribution is 5.94. The van der Waals surface area contributed by atoms with E-state index < -0.39 is 29.4 Å². The quantitative estimate of drug-likeness (QED) is 0.625. The average molecular weight is 391 g/mol. The van der Waals surface area contributed by atoms with Crippen LogP contribution in [-0.2, 0) is 9.59 Å². The summed E-state index contributed by atoms with van der Waals surface area (Å²) in [7, 11) is 0. The lowest BCUT2D eigenvalue weighted by Gasteiger charge is -2.10. The molecule has 0 aliphatic rings. The summed E-state index contributed by atoms with van der Waals surface area (Å²) in [5, 5.41) is 2.33. The molecule has 0 aromatic heterocycles. The highest BCUT2D eigenvalue weighted by atomic mass is 19.1. The van der Waals surface area contributed by atoms with Crippen LogP contribution in [0.1, 0.15) is 22.3 Å². The van der Waals surface area contributed by atoms with Gasteiger partial charge in [0.2, 0.25) is 5.91 Å². The number of nitrogens with one attached hydrogen (secondary N) is 3. The van der Waals surface area contributed by atoms with Gasteiger partial charge in [0.05, 0.1) is 5.56 Å². The zero-order chi connectivity index (χ0) is 20.5. The minimum Gasteiger partial charge on any atom is -0.484 e. The minimum atomic E-state index is -0.997. The molecule has 0 spiro atoms. The first-order chi connectivity index (χ1) is 13.3. The van der Waals surface area contributed by atoms with Crippen LogP contribution in [-0.4, -0.2) is 30.9 Å². The number of hydrogen-bond acceptors (Lipinski definition) is 4. The van der Waals surface area contributed by atoms with E-state index in [1.807, 2.05) is 13.0 Å². The Morgan fingerprint density at radius 2 is 1.75 bits per heavy atom. The van der Waals surface area contributed by atoms with E-state index >= 15 is 0 Å². The highest BCUT2D eigenvalue weighted by Crippen LogP contribution is 2.12. The van der Waals surface area contributed by atoms with Gasteiger partial charge in [0.25, 0.3) is 11.8 Å². The van der Waals surface area contributed by atoms with Gasteiger partial charge < -0.3 is 10.1 Å². The molecule has 0 unspecified atom stereocenters. The van der Waals surface area contributed by atoms with Crippen LogP contribution in [0.5, 0.6) is 5.75 Å². The number of halogens is 2. The van der Waals surface area contributed by atoms with Crippen molar-refractivity contribution in [2.75, 3.05) is 13.2 Å². The summed E-state index contributed by atoms with van der Waals surface area (Å²) in [6.45, 7) is 1.50. The van der Waals surface area contributed by atoms with E-state index in [0.717, 1.165) is 17.7 Å². The molecule has 2 aromatic carbocycles. The molecule has 2 rings (SSSR count). The fourth-order valence-electron chi connectivity index (χ4n) is 2.15. The van der Waals surface area contributed by atoms with Gasteiger partial charge in [-0.25, -0.2) is 8.78 Å². The number of amides is 3. The molecule has 0 radical (unpaired) electrons. The van der Waals surface area contributed by atoms with Crippen molar-refractivity contribution in [3.05, 3.63) is 65.2 Å². The molecule has 0 heterocycles. The van der Waals surface area contributed by atoms with E-state index in [1.54, 1.807) is 18.2 Å². The maximum absolute atomic E-state index is 13.5. The first-order valence-corrected chi connectivity index (χ1v) is 8.35. The summed E-state index contributed by atoms with van der Waals surface area (Å²) in [6, 6.07) is 9.69. The number of hydrazine groups is 1. The molecule has 148 valence electrons. The topological polar surface area (TPSA) is 96.5 Å². The third-order valence-corrected chi connectivity index (χ3v) is 3.51. The van der Waals surface area contributed by atoms with Gasteiger partial charge in [0.15, 0.2) is 6.61 Å². The van der Waals surface area contributed by atoms with Crippen LogP contribution in [0.3, 0.4) is 0 Å². The molecule has 0 aliphatic carbocycles. The molecular weight excluding hydrogens is 372 g/mol. The van der Waals surface area contributed by atoms with Crippen LogP contribution < -0.4 is 20.9 Å². The Balaban J connectivity index is 1.65. The number of aryl methyl sites for hydroxylation is 1. The molecule has 0 fully saturated rings. The molecular formula is C19H19F2N3O4. The molecule has 0 bridgehead atoms. The van der Waals surface area contributed by atoms with Gasteiger partial charge >= 0.3 is 0 Å². The number of hydrogen-bond donors (Lipinski definition) is 3. The van der Waals surface area contributed by atoms with Crippen molar-refractivity contribution in [2.45, 2.75) is 13.3 Å². The third kappa shape index (κ3) is 6.67. The maximum atomic E-state index is 13.5. The van der Waals surface area contributed by atoms with Crippen LogP contribution >= 0.6 is 0 Å². The fraction of sp³-hybridized carbons (Fsp3) is 0.211. The average Bonchev–Trinajstić information content (AvgIpc) is 2.64. The molecule has 0 aliphatic heterocycles. The monoisotopic (exact) mass is 391 g/mol. The Morgan fingerprint density at radius 3 is 2.46 bits per heavy atom. The minimum absolute atomic E-state index is 0.100. The summed E-state index contributed by atoms with van der Waals surface area (Å²) in [4.78, 5) is 35.1. The second-order valence-electron chi connectivity index (χ2n) is 5.83. The largest absolute Gasteiger partial charge is 0.484 e. The van der Waals surface area contributed by atoms with Crippen LogP contribution in [0.15, 0.2) is 42.5 Å². The van der Waals surface area contributed by atoms with Crippen LogP contribution in [0, 0.1) is 18.6 Å². The molecule has 2 aromatic rings. The predicted molar refractivity (Wildman–Crippen MR) is 96.3 cm³/mol. The second kappa shape index (κ2) is 10.0. The Morgan fingerprint density at radius 1 is 1.00 bits per heavy atom. The van der Waals surface area contributed by atoms with Gasteiger partial charge in [0.1, 0.15) is 17.4 Å². The van der Waals surface area contributed by atoms with Crippen molar-refractivity contribution in [3.8, 4) is 5.75 Å². The van der Waals surface area contributed by atoms with E-state index in [0.29, 0.717) is 11.8 Å². The molecule has 9 heteroatoms. The molecule has 3 N–H and O–H groups in total. The zero-order valence-electron chi connectivity index (χ0n) is 15.1. The lowest BCUT2D eigenvalue weighted by atomic mass is 10.2. The van der Waals surface area contributed by atoms with Gasteiger partial charge in [-0.3, -0.25) is 25.2 Å². The first kappa shape index (κ1) is 20.8. The van der Waals surface area contributed by atoms with Crippen molar-refractivity contribution >= 4 is 17.7 Å². The van der Waals surface area contributed by atoms with E-state index in [1.165, 1.54) is 0 Å². The summed E-state index contributed by atoms with van der Waals surface area (Å²) in [5.74, 6) is -3.17. The first-order valence-electron chi connectivity index (χ1n) is 8.35. The number of benzene rings is 2. The molecule has 0 atom stereocenters. The number of carbonyl (C=O) groups is 3. The molecule has 0 saturated heterocycles. The Hall–Kier alpha value is -3.49. The number of carbonyl (C=O) groups excluding carboxylic acids is 3. The molecule has 7 nitrogen and oxygen atoms in total. The summed E-state index contributed by atoms with van der Waals surface area (Å²) in [5.41, 5.74) is 4.99.